The summed E-state index contributed by atoms with van der Waals surface area (Å²) < 4.78 is 10.7. The van der Waals surface area contributed by atoms with Gasteiger partial charge in [-0.2, -0.15) is 0 Å². The van der Waals surface area contributed by atoms with Crippen LogP contribution in [0.2, 0.25) is 0 Å². The Bertz CT molecular complexity index is 688. The molecule has 1 aromatic carbocycles. The summed E-state index contributed by atoms with van der Waals surface area (Å²) in [5, 5.41) is 11.5. The SMILES string of the molecule is CC(C)COc1ccc(CC(=O)NCc2ccc(C(=O)O)o2)cc1. The van der Waals surface area contributed by atoms with Gasteiger partial charge >= 0.3 is 5.97 Å². The van der Waals surface area contributed by atoms with Gasteiger partial charge in [0.15, 0.2) is 0 Å². The summed E-state index contributed by atoms with van der Waals surface area (Å²) in [5.41, 5.74) is 0.870. The molecule has 0 unspecified atom stereocenters. The Hall–Kier alpha value is -2.76. The quantitative estimate of drug-likeness (QED) is 0.776. The molecule has 1 aromatic heterocycles. The third-order valence-electron chi connectivity index (χ3n) is 3.20. The molecule has 0 saturated carbocycles. The van der Waals surface area contributed by atoms with Gasteiger partial charge in [0, 0.05) is 0 Å². The van der Waals surface area contributed by atoms with Crippen LogP contribution in [-0.2, 0) is 17.8 Å². The predicted molar refractivity (Wildman–Crippen MR) is 88.0 cm³/mol. The van der Waals surface area contributed by atoms with Crippen LogP contribution >= 0.6 is 0 Å². The number of aromatic carboxylic acids is 1. The van der Waals surface area contributed by atoms with Crippen molar-refractivity contribution in [1.82, 2.24) is 5.32 Å². The molecule has 0 fully saturated rings. The summed E-state index contributed by atoms with van der Waals surface area (Å²) in [6, 6.07) is 10.3. The van der Waals surface area contributed by atoms with E-state index in [1.54, 1.807) is 0 Å². The molecule has 1 heterocycles. The number of carboxylic acid groups (broad SMARTS) is 1. The number of hydrogen-bond donors (Lipinski definition) is 2. The number of carbonyl (C=O) groups excluding carboxylic acids is 1. The Kier molecular flexibility index (Phi) is 6.01. The summed E-state index contributed by atoms with van der Waals surface area (Å²) in [7, 11) is 0. The highest BCUT2D eigenvalue weighted by Gasteiger charge is 2.10. The van der Waals surface area contributed by atoms with E-state index in [2.05, 4.69) is 19.2 Å². The second-order valence-electron chi connectivity index (χ2n) is 5.87. The third-order valence-corrected chi connectivity index (χ3v) is 3.20. The molecule has 2 aromatic rings. The molecule has 2 N–H and O–H groups in total. The first kappa shape index (κ1) is 17.6. The monoisotopic (exact) mass is 331 g/mol. The van der Waals surface area contributed by atoms with E-state index in [9.17, 15) is 9.59 Å². The Labute approximate surface area is 140 Å². The second-order valence-corrected chi connectivity index (χ2v) is 5.87. The lowest BCUT2D eigenvalue weighted by atomic mass is 10.1. The smallest absolute Gasteiger partial charge is 0.371 e. The van der Waals surface area contributed by atoms with E-state index in [0.29, 0.717) is 18.3 Å². The molecule has 0 radical (unpaired) electrons. The van der Waals surface area contributed by atoms with Gasteiger partial charge in [0.1, 0.15) is 11.5 Å². The lowest BCUT2D eigenvalue weighted by molar-refractivity contribution is -0.120. The van der Waals surface area contributed by atoms with Crippen molar-refractivity contribution >= 4 is 11.9 Å². The average molecular weight is 331 g/mol. The first-order valence-corrected chi connectivity index (χ1v) is 7.74. The van der Waals surface area contributed by atoms with Crippen LogP contribution in [0.15, 0.2) is 40.8 Å². The Morgan fingerprint density at radius 3 is 2.46 bits per heavy atom. The van der Waals surface area contributed by atoms with Crippen LogP contribution in [0, 0.1) is 5.92 Å². The molecule has 0 aliphatic rings. The number of benzene rings is 1. The molecule has 2 rings (SSSR count). The number of rotatable bonds is 8. The number of nitrogens with one attached hydrogen (secondary N) is 1. The maximum atomic E-state index is 11.9. The maximum Gasteiger partial charge on any atom is 0.371 e. The molecule has 0 aliphatic heterocycles. The van der Waals surface area contributed by atoms with Crippen molar-refractivity contribution in [2.45, 2.75) is 26.8 Å². The predicted octanol–water partition coefficient (Wildman–Crippen LogP) is 2.87. The molecular weight excluding hydrogens is 310 g/mol. The van der Waals surface area contributed by atoms with Crippen LogP contribution in [0.5, 0.6) is 5.75 Å². The van der Waals surface area contributed by atoms with Crippen molar-refractivity contribution in [3.63, 3.8) is 0 Å². The molecule has 6 nitrogen and oxygen atoms in total. The van der Waals surface area contributed by atoms with Crippen LogP contribution < -0.4 is 10.1 Å². The number of ether oxygens (including phenoxy) is 1. The maximum absolute atomic E-state index is 11.9. The molecule has 0 spiro atoms. The Morgan fingerprint density at radius 1 is 1.17 bits per heavy atom. The fourth-order valence-electron chi connectivity index (χ4n) is 1.99. The standard InChI is InChI=1S/C18H21NO5/c1-12(2)11-23-14-5-3-13(4-6-14)9-17(20)19-10-15-7-8-16(24-15)18(21)22/h3-8,12H,9-11H2,1-2H3,(H,19,20)(H,21,22). The van der Waals surface area contributed by atoms with Gasteiger partial charge in [0.2, 0.25) is 11.7 Å². The van der Waals surface area contributed by atoms with Crippen LogP contribution in [-0.4, -0.2) is 23.6 Å². The molecular formula is C18H21NO5. The fourth-order valence-corrected chi connectivity index (χ4v) is 1.99. The average Bonchev–Trinajstić information content (AvgIpc) is 3.01. The minimum Gasteiger partial charge on any atom is -0.493 e. The highest BCUT2D eigenvalue weighted by molar-refractivity contribution is 5.84. The van der Waals surface area contributed by atoms with E-state index in [1.165, 1.54) is 12.1 Å². The van der Waals surface area contributed by atoms with E-state index in [4.69, 9.17) is 14.3 Å². The molecule has 0 aliphatic carbocycles. The topological polar surface area (TPSA) is 88.8 Å². The molecule has 0 atom stereocenters. The Balaban J connectivity index is 1.80. The van der Waals surface area contributed by atoms with Gasteiger partial charge in [0.25, 0.3) is 0 Å². The molecule has 0 bridgehead atoms. The normalized spacial score (nSPS) is 10.6. The van der Waals surface area contributed by atoms with Gasteiger partial charge in [-0.3, -0.25) is 4.79 Å². The molecule has 24 heavy (non-hydrogen) atoms. The zero-order chi connectivity index (χ0) is 17.5. The highest BCUT2D eigenvalue weighted by atomic mass is 16.5. The molecule has 128 valence electrons. The molecule has 1 amide bonds. The number of furan rings is 1. The van der Waals surface area contributed by atoms with Gasteiger partial charge in [-0.15, -0.1) is 0 Å². The van der Waals surface area contributed by atoms with Crippen LogP contribution in [0.25, 0.3) is 0 Å². The first-order chi connectivity index (χ1) is 11.4. The minimum absolute atomic E-state index is 0.142. The largest absolute Gasteiger partial charge is 0.493 e. The van der Waals surface area contributed by atoms with Crippen molar-refractivity contribution in [3.05, 3.63) is 53.5 Å². The zero-order valence-electron chi connectivity index (χ0n) is 13.7. The second kappa shape index (κ2) is 8.19. The zero-order valence-corrected chi connectivity index (χ0v) is 13.7. The van der Waals surface area contributed by atoms with Gasteiger partial charge in [-0.05, 0) is 35.7 Å². The summed E-state index contributed by atoms with van der Waals surface area (Å²) in [6.07, 6.45) is 0.233. The highest BCUT2D eigenvalue weighted by Crippen LogP contribution is 2.14. The van der Waals surface area contributed by atoms with E-state index in [-0.39, 0.29) is 24.6 Å². The van der Waals surface area contributed by atoms with Crippen molar-refractivity contribution in [2.24, 2.45) is 5.92 Å². The third kappa shape index (κ3) is 5.46. The van der Waals surface area contributed by atoms with Crippen molar-refractivity contribution in [1.29, 1.82) is 0 Å². The fraction of sp³-hybridized carbons (Fsp3) is 0.333. The van der Waals surface area contributed by atoms with Crippen LogP contribution in [0.3, 0.4) is 0 Å². The molecule has 6 heteroatoms. The summed E-state index contributed by atoms with van der Waals surface area (Å²) >= 11 is 0. The number of amides is 1. The number of carbonyl (C=O) groups is 2. The summed E-state index contributed by atoms with van der Waals surface area (Å²) in [6.45, 7) is 4.97. The van der Waals surface area contributed by atoms with Crippen LogP contribution in [0.1, 0.15) is 35.7 Å². The minimum atomic E-state index is -1.13. The Morgan fingerprint density at radius 2 is 1.88 bits per heavy atom. The first-order valence-electron chi connectivity index (χ1n) is 7.74. The van der Waals surface area contributed by atoms with E-state index in [1.807, 2.05) is 24.3 Å². The van der Waals surface area contributed by atoms with Gasteiger partial charge in [-0.25, -0.2) is 4.79 Å². The van der Waals surface area contributed by atoms with Crippen molar-refractivity contribution in [3.8, 4) is 5.75 Å². The number of hydrogen-bond acceptors (Lipinski definition) is 4. The summed E-state index contributed by atoms with van der Waals surface area (Å²) in [5.74, 6) is 0.198. The van der Waals surface area contributed by atoms with Gasteiger partial charge in [0.05, 0.1) is 19.6 Å². The van der Waals surface area contributed by atoms with Crippen molar-refractivity contribution < 1.29 is 23.8 Å². The van der Waals surface area contributed by atoms with Crippen LogP contribution in [0.4, 0.5) is 0 Å². The van der Waals surface area contributed by atoms with Gasteiger partial charge in [-0.1, -0.05) is 26.0 Å². The van der Waals surface area contributed by atoms with Gasteiger partial charge < -0.3 is 19.6 Å². The molecule has 0 saturated heterocycles. The van der Waals surface area contributed by atoms with Crippen molar-refractivity contribution in [2.75, 3.05) is 6.61 Å². The lowest BCUT2D eigenvalue weighted by Gasteiger charge is -2.09. The number of carboxylic acids is 1. The van der Waals surface area contributed by atoms with E-state index in [0.717, 1.165) is 11.3 Å². The van der Waals surface area contributed by atoms with E-state index >= 15 is 0 Å². The lowest BCUT2D eigenvalue weighted by Crippen LogP contribution is -2.24. The summed E-state index contributed by atoms with van der Waals surface area (Å²) in [4.78, 5) is 22.6. The van der Waals surface area contributed by atoms with E-state index < -0.39 is 5.97 Å².